The van der Waals surface area contributed by atoms with E-state index in [9.17, 15) is 13.2 Å². The molecule has 1 aliphatic rings. The minimum absolute atomic E-state index is 0.147. The number of sulfonamides is 1. The summed E-state index contributed by atoms with van der Waals surface area (Å²) in [6.07, 6.45) is 0. The average Bonchev–Trinajstić information content (AvgIpc) is 2.68. The molecule has 3 N–H and O–H groups in total. The van der Waals surface area contributed by atoms with Gasteiger partial charge in [0.05, 0.1) is 38.1 Å². The summed E-state index contributed by atoms with van der Waals surface area (Å²) in [5.74, 6) is -0.303. The van der Waals surface area contributed by atoms with Crippen LogP contribution in [0, 0.1) is 6.92 Å². The molecule has 0 aromatic heterocycles. The van der Waals surface area contributed by atoms with Crippen LogP contribution in [-0.4, -0.2) is 57.0 Å². The Hall–Kier alpha value is -2.33. The highest BCUT2D eigenvalue weighted by atomic mass is 32.2. The molecule has 29 heavy (non-hydrogen) atoms. The average molecular weight is 434 g/mol. The van der Waals surface area contributed by atoms with Crippen molar-refractivity contribution in [3.8, 4) is 0 Å². The number of aryl methyl sites for hydroxylation is 1. The predicted molar refractivity (Wildman–Crippen MR) is 117 cm³/mol. The van der Waals surface area contributed by atoms with Gasteiger partial charge in [0.15, 0.2) is 5.11 Å². The summed E-state index contributed by atoms with van der Waals surface area (Å²) in [7, 11) is -1.44. The Morgan fingerprint density at radius 1 is 1.10 bits per heavy atom. The molecule has 1 fully saturated rings. The number of hydrogen-bond donors (Lipinski definition) is 3. The highest BCUT2D eigenvalue weighted by Gasteiger charge is 2.28. The first-order valence-electron chi connectivity index (χ1n) is 9.36. The van der Waals surface area contributed by atoms with E-state index in [1.54, 1.807) is 36.4 Å². The van der Waals surface area contributed by atoms with E-state index >= 15 is 0 Å². The number of amides is 1. The van der Waals surface area contributed by atoms with Crippen LogP contribution in [0.25, 0.3) is 0 Å². The molecule has 0 radical (unpaired) electrons. The van der Waals surface area contributed by atoms with Gasteiger partial charge in [-0.25, -0.2) is 8.42 Å². The fraction of sp³-hybridized carbons (Fsp3) is 0.300. The topological polar surface area (TPSA) is 83.0 Å². The monoisotopic (exact) mass is 433 g/mol. The van der Waals surface area contributed by atoms with Crippen LogP contribution < -0.4 is 15.5 Å². The molecule has 0 aliphatic carbocycles. The van der Waals surface area contributed by atoms with Gasteiger partial charge in [-0.2, -0.15) is 4.31 Å². The standard InChI is InChI=1S/C20H24N4O3S2/c1-15-4-3-5-16(14-15)19(25)22-20(28)21-17-6-8-18(9-7-17)29(26,27)24-12-10-23(2)11-13-24/h3-9,14H,10-13H2,1-2H3,(H2,21,22,25,28)/p+1. The molecule has 1 aliphatic heterocycles. The van der Waals surface area contributed by atoms with Gasteiger partial charge in [0, 0.05) is 11.3 Å². The van der Waals surface area contributed by atoms with Crippen LogP contribution >= 0.6 is 12.2 Å². The number of carbonyl (C=O) groups excluding carboxylic acids is 1. The van der Waals surface area contributed by atoms with Gasteiger partial charge >= 0.3 is 0 Å². The number of thiocarbonyl (C=S) groups is 1. The van der Waals surface area contributed by atoms with Crippen molar-refractivity contribution in [3.05, 3.63) is 59.7 Å². The van der Waals surface area contributed by atoms with E-state index in [1.807, 2.05) is 19.1 Å². The molecular weight excluding hydrogens is 408 g/mol. The molecule has 0 atom stereocenters. The minimum Gasteiger partial charge on any atom is -0.335 e. The Morgan fingerprint density at radius 3 is 2.38 bits per heavy atom. The van der Waals surface area contributed by atoms with Crippen molar-refractivity contribution in [1.82, 2.24) is 9.62 Å². The van der Waals surface area contributed by atoms with Crippen molar-refractivity contribution in [2.24, 2.45) is 0 Å². The van der Waals surface area contributed by atoms with E-state index < -0.39 is 10.0 Å². The third kappa shape index (κ3) is 5.39. The second kappa shape index (κ2) is 9.00. The lowest BCUT2D eigenvalue weighted by Gasteiger charge is -2.29. The molecule has 7 nitrogen and oxygen atoms in total. The zero-order chi connectivity index (χ0) is 21.0. The first-order chi connectivity index (χ1) is 13.8. The number of quaternary nitrogens is 1. The fourth-order valence-electron chi connectivity index (χ4n) is 3.09. The summed E-state index contributed by atoms with van der Waals surface area (Å²) >= 11 is 5.19. The van der Waals surface area contributed by atoms with Crippen LogP contribution in [0.3, 0.4) is 0 Å². The predicted octanol–water partition coefficient (Wildman–Crippen LogP) is 0.641. The van der Waals surface area contributed by atoms with Gasteiger partial charge in [0.2, 0.25) is 10.0 Å². The zero-order valence-electron chi connectivity index (χ0n) is 16.4. The Balaban J connectivity index is 1.61. The van der Waals surface area contributed by atoms with Crippen LogP contribution in [0.15, 0.2) is 53.4 Å². The van der Waals surface area contributed by atoms with Crippen molar-refractivity contribution in [1.29, 1.82) is 0 Å². The number of rotatable bonds is 4. The van der Waals surface area contributed by atoms with E-state index in [0.29, 0.717) is 24.3 Å². The van der Waals surface area contributed by atoms with Crippen LogP contribution in [0.2, 0.25) is 0 Å². The molecule has 1 saturated heterocycles. The Bertz CT molecular complexity index is 999. The van der Waals surface area contributed by atoms with Crippen molar-refractivity contribution in [2.45, 2.75) is 11.8 Å². The van der Waals surface area contributed by atoms with E-state index in [1.165, 1.54) is 9.21 Å². The zero-order valence-corrected chi connectivity index (χ0v) is 18.1. The number of carbonyl (C=O) groups is 1. The summed E-state index contributed by atoms with van der Waals surface area (Å²) in [5, 5.41) is 5.68. The van der Waals surface area contributed by atoms with Crippen molar-refractivity contribution in [2.75, 3.05) is 38.5 Å². The first kappa shape index (κ1) is 21.4. The van der Waals surface area contributed by atoms with Gasteiger partial charge in [-0.15, -0.1) is 0 Å². The summed E-state index contributed by atoms with van der Waals surface area (Å²) < 4.78 is 27.1. The number of likely N-dealkylation sites (N-methyl/N-ethyl adjacent to an activating group) is 1. The third-order valence-corrected chi connectivity index (χ3v) is 6.95. The van der Waals surface area contributed by atoms with Crippen LogP contribution in [0.1, 0.15) is 15.9 Å². The molecule has 1 amide bonds. The van der Waals surface area contributed by atoms with Crippen LogP contribution in [0.5, 0.6) is 0 Å². The number of piperazine rings is 1. The Kier molecular flexibility index (Phi) is 6.63. The number of nitrogens with zero attached hydrogens (tertiary/aromatic N) is 1. The maximum absolute atomic E-state index is 12.8. The third-order valence-electron chi connectivity index (χ3n) is 4.83. The van der Waals surface area contributed by atoms with Gasteiger partial charge in [-0.1, -0.05) is 17.7 Å². The molecule has 0 unspecified atom stereocenters. The lowest BCUT2D eigenvalue weighted by Crippen LogP contribution is -3.12. The molecule has 2 aromatic rings. The van der Waals surface area contributed by atoms with Gasteiger partial charge in [0.25, 0.3) is 5.91 Å². The van der Waals surface area contributed by atoms with Crippen molar-refractivity contribution in [3.63, 3.8) is 0 Å². The lowest BCUT2D eigenvalue weighted by molar-refractivity contribution is -0.883. The van der Waals surface area contributed by atoms with Crippen molar-refractivity contribution >= 4 is 38.9 Å². The van der Waals surface area contributed by atoms with Gasteiger partial charge in [-0.3, -0.25) is 10.1 Å². The minimum atomic E-state index is -3.50. The van der Waals surface area contributed by atoms with Crippen molar-refractivity contribution < 1.29 is 18.1 Å². The van der Waals surface area contributed by atoms with Gasteiger partial charge < -0.3 is 10.2 Å². The molecule has 2 aromatic carbocycles. The van der Waals surface area contributed by atoms with E-state index in [2.05, 4.69) is 17.7 Å². The maximum Gasteiger partial charge on any atom is 0.257 e. The molecule has 3 rings (SSSR count). The summed E-state index contributed by atoms with van der Waals surface area (Å²) in [6.45, 7) is 4.54. The quantitative estimate of drug-likeness (QED) is 0.617. The van der Waals surface area contributed by atoms with Crippen LogP contribution in [0.4, 0.5) is 5.69 Å². The van der Waals surface area contributed by atoms with Crippen LogP contribution in [-0.2, 0) is 10.0 Å². The SMILES string of the molecule is Cc1cccc(C(=O)NC(=S)Nc2ccc(S(=O)(=O)N3CC[NH+](C)CC3)cc2)c1. The summed E-state index contributed by atoms with van der Waals surface area (Å²) in [5.41, 5.74) is 2.10. The number of hydrogen-bond acceptors (Lipinski definition) is 4. The maximum atomic E-state index is 12.8. The molecule has 1 heterocycles. The van der Waals surface area contributed by atoms with Gasteiger partial charge in [-0.05, 0) is 55.5 Å². The number of anilines is 1. The second-order valence-corrected chi connectivity index (χ2v) is 9.51. The highest BCUT2D eigenvalue weighted by molar-refractivity contribution is 7.89. The Morgan fingerprint density at radius 2 is 1.76 bits per heavy atom. The normalized spacial score (nSPS) is 15.7. The lowest BCUT2D eigenvalue weighted by atomic mass is 10.1. The molecule has 0 saturated carbocycles. The smallest absolute Gasteiger partial charge is 0.257 e. The Labute approximate surface area is 176 Å². The summed E-state index contributed by atoms with van der Waals surface area (Å²) in [6, 6.07) is 13.6. The molecule has 9 heteroatoms. The first-order valence-corrected chi connectivity index (χ1v) is 11.2. The molecule has 0 spiro atoms. The fourth-order valence-corrected chi connectivity index (χ4v) is 4.74. The molecule has 154 valence electrons. The number of benzene rings is 2. The molecule has 0 bridgehead atoms. The van der Waals surface area contributed by atoms with Gasteiger partial charge in [0.1, 0.15) is 0 Å². The highest BCUT2D eigenvalue weighted by Crippen LogP contribution is 2.18. The molecular formula is C20H25N4O3S2+. The number of nitrogens with one attached hydrogen (secondary N) is 3. The largest absolute Gasteiger partial charge is 0.335 e. The van der Waals surface area contributed by atoms with E-state index in [0.717, 1.165) is 18.7 Å². The second-order valence-electron chi connectivity index (χ2n) is 7.16. The summed E-state index contributed by atoms with van der Waals surface area (Å²) in [4.78, 5) is 13.8. The van der Waals surface area contributed by atoms with E-state index in [-0.39, 0.29) is 15.9 Å². The van der Waals surface area contributed by atoms with E-state index in [4.69, 9.17) is 12.2 Å².